The number of halogens is 1. The molecule has 1 atom stereocenters. The summed E-state index contributed by atoms with van der Waals surface area (Å²) in [6.45, 7) is 2.03. The molecule has 1 fully saturated rings. The summed E-state index contributed by atoms with van der Waals surface area (Å²) in [4.78, 5) is 22.7. The summed E-state index contributed by atoms with van der Waals surface area (Å²) in [5.74, 6) is 0.178. The molecule has 2 rings (SSSR count). The summed E-state index contributed by atoms with van der Waals surface area (Å²) >= 11 is 0. The van der Waals surface area contributed by atoms with E-state index in [0.717, 1.165) is 31.5 Å². The fourth-order valence-electron chi connectivity index (χ4n) is 2.31. The van der Waals surface area contributed by atoms with Crippen molar-refractivity contribution in [3.05, 3.63) is 29.8 Å². The van der Waals surface area contributed by atoms with Gasteiger partial charge in [0, 0.05) is 13.1 Å². The SMILES string of the molecule is Cl.NC(=O)COc1cccc(CNC(=O)C2CCCNC2)c1. The number of benzene rings is 1. The molecule has 0 bridgehead atoms. The van der Waals surface area contributed by atoms with E-state index in [4.69, 9.17) is 10.5 Å². The van der Waals surface area contributed by atoms with Crippen LogP contribution in [0.4, 0.5) is 0 Å². The van der Waals surface area contributed by atoms with Crippen molar-refractivity contribution in [3.8, 4) is 5.75 Å². The van der Waals surface area contributed by atoms with Crippen molar-refractivity contribution in [1.29, 1.82) is 0 Å². The Labute approximate surface area is 136 Å². The first-order chi connectivity index (χ1) is 10.1. The fraction of sp³-hybridized carbons (Fsp3) is 0.467. The predicted octanol–water partition coefficient (Wildman–Crippen LogP) is 0.588. The number of rotatable bonds is 6. The molecule has 6 nitrogen and oxygen atoms in total. The number of piperidine rings is 1. The molecule has 4 N–H and O–H groups in total. The highest BCUT2D eigenvalue weighted by Crippen LogP contribution is 2.14. The van der Waals surface area contributed by atoms with Crippen molar-refractivity contribution >= 4 is 24.2 Å². The summed E-state index contributed by atoms with van der Waals surface area (Å²) in [5, 5.41) is 6.16. The normalized spacial score (nSPS) is 17.2. The largest absolute Gasteiger partial charge is 0.484 e. The number of nitrogens with one attached hydrogen (secondary N) is 2. The number of nitrogens with two attached hydrogens (primary N) is 1. The minimum absolute atomic E-state index is 0. The zero-order valence-electron chi connectivity index (χ0n) is 12.3. The Morgan fingerprint density at radius 3 is 2.91 bits per heavy atom. The highest BCUT2D eigenvalue weighted by Gasteiger charge is 2.20. The van der Waals surface area contributed by atoms with E-state index in [1.54, 1.807) is 12.1 Å². The molecule has 0 spiro atoms. The summed E-state index contributed by atoms with van der Waals surface area (Å²) in [7, 11) is 0. The van der Waals surface area contributed by atoms with E-state index in [-0.39, 0.29) is 30.8 Å². The van der Waals surface area contributed by atoms with Crippen LogP contribution in [0.15, 0.2) is 24.3 Å². The summed E-state index contributed by atoms with van der Waals surface area (Å²) < 4.78 is 5.23. The minimum Gasteiger partial charge on any atom is -0.484 e. The molecule has 122 valence electrons. The molecule has 1 aromatic carbocycles. The Kier molecular flexibility index (Phi) is 7.70. The molecule has 0 saturated carbocycles. The average Bonchev–Trinajstić information content (AvgIpc) is 2.52. The van der Waals surface area contributed by atoms with Crippen LogP contribution in [0.3, 0.4) is 0 Å². The van der Waals surface area contributed by atoms with Gasteiger partial charge in [-0.15, -0.1) is 12.4 Å². The Morgan fingerprint density at radius 1 is 1.41 bits per heavy atom. The van der Waals surface area contributed by atoms with Gasteiger partial charge in [-0.2, -0.15) is 0 Å². The number of ether oxygens (including phenoxy) is 1. The van der Waals surface area contributed by atoms with E-state index in [1.165, 1.54) is 0 Å². The lowest BCUT2D eigenvalue weighted by Gasteiger charge is -2.21. The first-order valence-electron chi connectivity index (χ1n) is 7.13. The molecule has 7 heteroatoms. The number of amides is 2. The molecule has 1 aliphatic rings. The van der Waals surface area contributed by atoms with E-state index >= 15 is 0 Å². The molecular formula is C15H22ClN3O3. The molecule has 0 aliphatic carbocycles. The van der Waals surface area contributed by atoms with Crippen LogP contribution in [0.5, 0.6) is 5.75 Å². The Morgan fingerprint density at radius 2 is 2.23 bits per heavy atom. The van der Waals surface area contributed by atoms with Crippen LogP contribution < -0.4 is 21.1 Å². The number of carbonyl (C=O) groups is 2. The van der Waals surface area contributed by atoms with Gasteiger partial charge in [-0.25, -0.2) is 0 Å². The second-order valence-corrected chi connectivity index (χ2v) is 5.16. The second kappa shape index (κ2) is 9.27. The van der Waals surface area contributed by atoms with Gasteiger partial charge in [-0.1, -0.05) is 12.1 Å². The first kappa shape index (κ1) is 18.3. The van der Waals surface area contributed by atoms with Gasteiger partial charge in [-0.3, -0.25) is 9.59 Å². The van der Waals surface area contributed by atoms with E-state index in [0.29, 0.717) is 12.3 Å². The van der Waals surface area contributed by atoms with Gasteiger partial charge in [0.1, 0.15) is 5.75 Å². The zero-order chi connectivity index (χ0) is 15.1. The van der Waals surface area contributed by atoms with E-state index < -0.39 is 5.91 Å². The molecule has 1 aromatic rings. The quantitative estimate of drug-likeness (QED) is 0.713. The van der Waals surface area contributed by atoms with Crippen molar-refractivity contribution in [2.24, 2.45) is 11.7 Å². The highest BCUT2D eigenvalue weighted by atomic mass is 35.5. The van der Waals surface area contributed by atoms with E-state index in [2.05, 4.69) is 10.6 Å². The fourth-order valence-corrected chi connectivity index (χ4v) is 2.31. The number of carbonyl (C=O) groups excluding carboxylic acids is 2. The van der Waals surface area contributed by atoms with Crippen molar-refractivity contribution in [2.45, 2.75) is 19.4 Å². The van der Waals surface area contributed by atoms with Gasteiger partial charge < -0.3 is 21.1 Å². The third-order valence-electron chi connectivity index (χ3n) is 3.41. The van der Waals surface area contributed by atoms with Crippen LogP contribution in [-0.4, -0.2) is 31.5 Å². The average molecular weight is 328 g/mol. The lowest BCUT2D eigenvalue weighted by molar-refractivity contribution is -0.125. The number of hydrogen-bond acceptors (Lipinski definition) is 4. The van der Waals surface area contributed by atoms with Crippen LogP contribution in [-0.2, 0) is 16.1 Å². The summed E-state index contributed by atoms with van der Waals surface area (Å²) in [6.07, 6.45) is 1.97. The van der Waals surface area contributed by atoms with Gasteiger partial charge in [0.05, 0.1) is 5.92 Å². The van der Waals surface area contributed by atoms with Gasteiger partial charge in [0.15, 0.2) is 6.61 Å². The predicted molar refractivity (Wildman–Crippen MR) is 85.8 cm³/mol. The lowest BCUT2D eigenvalue weighted by Crippen LogP contribution is -2.40. The molecule has 22 heavy (non-hydrogen) atoms. The van der Waals surface area contributed by atoms with E-state index in [1.807, 2.05) is 12.1 Å². The molecule has 1 saturated heterocycles. The third kappa shape index (κ3) is 5.91. The maximum atomic E-state index is 12.0. The van der Waals surface area contributed by atoms with Crippen LogP contribution in [0.2, 0.25) is 0 Å². The third-order valence-corrected chi connectivity index (χ3v) is 3.41. The monoisotopic (exact) mass is 327 g/mol. The summed E-state index contributed by atoms with van der Waals surface area (Å²) in [5.41, 5.74) is 5.96. The topological polar surface area (TPSA) is 93.5 Å². The smallest absolute Gasteiger partial charge is 0.255 e. The number of primary amides is 1. The Hall–Kier alpha value is -1.79. The van der Waals surface area contributed by atoms with Gasteiger partial charge in [-0.05, 0) is 37.1 Å². The lowest BCUT2D eigenvalue weighted by atomic mass is 9.99. The van der Waals surface area contributed by atoms with Crippen LogP contribution >= 0.6 is 12.4 Å². The van der Waals surface area contributed by atoms with Crippen LogP contribution in [0.25, 0.3) is 0 Å². The van der Waals surface area contributed by atoms with Crippen molar-refractivity contribution < 1.29 is 14.3 Å². The van der Waals surface area contributed by atoms with Gasteiger partial charge in [0.2, 0.25) is 5.91 Å². The molecule has 1 aliphatic heterocycles. The standard InChI is InChI=1S/C15H21N3O3.ClH/c16-14(19)10-21-13-5-1-3-11(7-13)8-18-15(20)12-4-2-6-17-9-12;/h1,3,5,7,12,17H,2,4,6,8-10H2,(H2,16,19)(H,18,20);1H. The second-order valence-electron chi connectivity index (χ2n) is 5.16. The molecule has 1 unspecified atom stereocenters. The maximum Gasteiger partial charge on any atom is 0.255 e. The summed E-state index contributed by atoms with van der Waals surface area (Å²) in [6, 6.07) is 7.26. The van der Waals surface area contributed by atoms with E-state index in [9.17, 15) is 9.59 Å². The van der Waals surface area contributed by atoms with Gasteiger partial charge >= 0.3 is 0 Å². The van der Waals surface area contributed by atoms with Crippen molar-refractivity contribution in [1.82, 2.24) is 10.6 Å². The first-order valence-corrected chi connectivity index (χ1v) is 7.13. The van der Waals surface area contributed by atoms with Crippen molar-refractivity contribution in [3.63, 3.8) is 0 Å². The highest BCUT2D eigenvalue weighted by molar-refractivity contribution is 5.85. The van der Waals surface area contributed by atoms with Gasteiger partial charge in [0.25, 0.3) is 5.91 Å². The molecule has 0 aromatic heterocycles. The minimum atomic E-state index is -0.515. The number of hydrogen-bond donors (Lipinski definition) is 3. The molecule has 2 amide bonds. The molecular weight excluding hydrogens is 306 g/mol. The molecule has 0 radical (unpaired) electrons. The van der Waals surface area contributed by atoms with Crippen LogP contribution in [0.1, 0.15) is 18.4 Å². The molecule has 1 heterocycles. The van der Waals surface area contributed by atoms with Crippen LogP contribution in [0, 0.1) is 5.92 Å². The Bertz CT molecular complexity index is 505. The maximum absolute atomic E-state index is 12.0. The van der Waals surface area contributed by atoms with Crippen molar-refractivity contribution in [2.75, 3.05) is 19.7 Å². The Balaban J connectivity index is 0.00000242. The zero-order valence-corrected chi connectivity index (χ0v) is 13.2.